The molecule has 0 amide bonds. The van der Waals surface area contributed by atoms with Gasteiger partial charge in [-0.1, -0.05) is 6.92 Å². The molecule has 0 aliphatic carbocycles. The summed E-state index contributed by atoms with van der Waals surface area (Å²) in [6.45, 7) is 3.73. The summed E-state index contributed by atoms with van der Waals surface area (Å²) in [4.78, 5) is 4.24. The third-order valence-electron chi connectivity index (χ3n) is 2.47. The number of aromatic nitrogens is 1. The highest BCUT2D eigenvalue weighted by Crippen LogP contribution is 2.23. The van der Waals surface area contributed by atoms with Gasteiger partial charge in [0, 0.05) is 11.1 Å². The molecule has 3 heteroatoms. The van der Waals surface area contributed by atoms with Gasteiger partial charge in [-0.2, -0.15) is 0 Å². The van der Waals surface area contributed by atoms with E-state index in [0.717, 1.165) is 11.3 Å². The average molecular weight is 207 g/mol. The lowest BCUT2D eigenvalue weighted by atomic mass is 10.1. The zero-order valence-electron chi connectivity index (χ0n) is 8.64. The van der Waals surface area contributed by atoms with Gasteiger partial charge in [0.25, 0.3) is 0 Å². The zero-order chi connectivity index (χ0) is 11.0. The van der Waals surface area contributed by atoms with E-state index in [-0.39, 0.29) is 5.39 Å². The highest BCUT2D eigenvalue weighted by Gasteiger charge is 2.11. The largest absolute Gasteiger partial charge is 0.253 e. The van der Waals surface area contributed by atoms with Crippen LogP contribution in [0.5, 0.6) is 0 Å². The van der Waals surface area contributed by atoms with Crippen LogP contribution in [0.1, 0.15) is 18.2 Å². The van der Waals surface area contributed by atoms with Gasteiger partial charge in [0.1, 0.15) is 0 Å². The monoisotopic (exact) mass is 207 g/mol. The summed E-state index contributed by atoms with van der Waals surface area (Å²) in [5.41, 5.74) is 2.12. The minimum Gasteiger partial charge on any atom is -0.253 e. The molecule has 78 valence electrons. The van der Waals surface area contributed by atoms with E-state index in [0.29, 0.717) is 11.9 Å². The van der Waals surface area contributed by atoms with Crippen LogP contribution in [-0.2, 0) is 6.42 Å². The lowest BCUT2D eigenvalue weighted by molar-refractivity contribution is 0.515. The van der Waals surface area contributed by atoms with Crippen molar-refractivity contribution in [3.05, 3.63) is 41.1 Å². The quantitative estimate of drug-likeness (QED) is 0.698. The highest BCUT2D eigenvalue weighted by molar-refractivity contribution is 5.82. The molecule has 0 fully saturated rings. The fourth-order valence-corrected chi connectivity index (χ4v) is 1.66. The predicted molar refractivity (Wildman–Crippen MR) is 55.8 cm³/mol. The molecule has 0 spiro atoms. The van der Waals surface area contributed by atoms with Crippen LogP contribution in [0.4, 0.5) is 8.78 Å². The number of halogens is 2. The van der Waals surface area contributed by atoms with E-state index in [1.165, 1.54) is 6.07 Å². The first kappa shape index (κ1) is 10.0. The van der Waals surface area contributed by atoms with Crippen LogP contribution in [0.2, 0.25) is 0 Å². The van der Waals surface area contributed by atoms with Gasteiger partial charge in [-0.3, -0.25) is 4.98 Å². The van der Waals surface area contributed by atoms with E-state index in [4.69, 9.17) is 0 Å². The predicted octanol–water partition coefficient (Wildman–Crippen LogP) is 3.38. The molecule has 1 aromatic heterocycles. The van der Waals surface area contributed by atoms with Gasteiger partial charge in [-0.05, 0) is 37.1 Å². The average Bonchev–Trinajstić information content (AvgIpc) is 2.23. The fraction of sp³-hybridized carbons (Fsp3) is 0.250. The molecule has 2 aromatic rings. The normalized spacial score (nSPS) is 10.9. The molecule has 2 rings (SSSR count). The van der Waals surface area contributed by atoms with Gasteiger partial charge in [-0.15, -0.1) is 0 Å². The van der Waals surface area contributed by atoms with Crippen LogP contribution < -0.4 is 0 Å². The highest BCUT2D eigenvalue weighted by atomic mass is 19.2. The van der Waals surface area contributed by atoms with Crippen molar-refractivity contribution in [2.75, 3.05) is 0 Å². The van der Waals surface area contributed by atoms with Gasteiger partial charge < -0.3 is 0 Å². The van der Waals surface area contributed by atoms with Gasteiger partial charge >= 0.3 is 0 Å². The Morgan fingerprint density at radius 3 is 2.67 bits per heavy atom. The maximum absolute atomic E-state index is 13.4. The minimum absolute atomic E-state index is 0.262. The maximum atomic E-state index is 13.4. The van der Waals surface area contributed by atoms with Crippen molar-refractivity contribution in [3.63, 3.8) is 0 Å². The van der Waals surface area contributed by atoms with Crippen molar-refractivity contribution in [2.45, 2.75) is 20.3 Å². The molecule has 0 N–H and O–H groups in total. The summed E-state index contributed by atoms with van der Waals surface area (Å²) in [5, 5.41) is 0.262. The van der Waals surface area contributed by atoms with E-state index in [9.17, 15) is 8.78 Å². The second-order valence-corrected chi connectivity index (χ2v) is 3.53. The van der Waals surface area contributed by atoms with Crippen LogP contribution in [0.15, 0.2) is 18.2 Å². The van der Waals surface area contributed by atoms with Gasteiger partial charge in [-0.25, -0.2) is 8.78 Å². The Balaban J connectivity index is 2.90. The van der Waals surface area contributed by atoms with Gasteiger partial charge in [0.2, 0.25) is 0 Å². The van der Waals surface area contributed by atoms with E-state index in [2.05, 4.69) is 4.98 Å². The molecule has 1 aromatic carbocycles. The van der Waals surface area contributed by atoms with Crippen molar-refractivity contribution in [2.24, 2.45) is 0 Å². The number of hydrogen-bond donors (Lipinski definition) is 0. The topological polar surface area (TPSA) is 12.9 Å². The minimum atomic E-state index is -0.810. The number of rotatable bonds is 1. The Kier molecular flexibility index (Phi) is 2.39. The van der Waals surface area contributed by atoms with Crippen molar-refractivity contribution >= 4 is 10.9 Å². The smallest absolute Gasteiger partial charge is 0.168 e. The number of fused-ring (bicyclic) bond motifs is 1. The summed E-state index contributed by atoms with van der Waals surface area (Å²) in [6.07, 6.45) is 0.643. The Labute approximate surface area is 86.8 Å². The number of aryl methyl sites for hydroxylation is 2. The Morgan fingerprint density at radius 1 is 1.27 bits per heavy atom. The Morgan fingerprint density at radius 2 is 2.00 bits per heavy atom. The van der Waals surface area contributed by atoms with Crippen molar-refractivity contribution in [3.8, 4) is 0 Å². The molecule has 0 bridgehead atoms. The summed E-state index contributed by atoms with van der Waals surface area (Å²) in [6, 6.07) is 4.49. The fourth-order valence-electron chi connectivity index (χ4n) is 1.66. The summed E-state index contributed by atoms with van der Waals surface area (Å²) >= 11 is 0. The standard InChI is InChI=1S/C12H11F2N/c1-3-8-6-10(13)11(14)9-5-4-7(2)15-12(8)9/h4-6H,3H2,1-2H3. The van der Waals surface area contributed by atoms with E-state index >= 15 is 0 Å². The van der Waals surface area contributed by atoms with Crippen LogP contribution >= 0.6 is 0 Å². The van der Waals surface area contributed by atoms with E-state index < -0.39 is 11.6 Å². The lowest BCUT2D eigenvalue weighted by Gasteiger charge is -2.06. The molecule has 0 radical (unpaired) electrons. The van der Waals surface area contributed by atoms with E-state index in [1.807, 2.05) is 13.8 Å². The number of hydrogen-bond acceptors (Lipinski definition) is 1. The first-order chi connectivity index (χ1) is 7.13. The van der Waals surface area contributed by atoms with Crippen LogP contribution in [0.3, 0.4) is 0 Å². The summed E-state index contributed by atoms with van der Waals surface area (Å²) in [7, 11) is 0. The lowest BCUT2D eigenvalue weighted by Crippen LogP contribution is -1.95. The third-order valence-corrected chi connectivity index (χ3v) is 2.47. The molecule has 0 atom stereocenters. The maximum Gasteiger partial charge on any atom is 0.168 e. The molecule has 0 saturated heterocycles. The third kappa shape index (κ3) is 1.58. The second-order valence-electron chi connectivity index (χ2n) is 3.53. The number of pyridine rings is 1. The van der Waals surface area contributed by atoms with E-state index in [1.54, 1.807) is 12.1 Å². The van der Waals surface area contributed by atoms with Crippen LogP contribution in [0, 0.1) is 18.6 Å². The molecule has 1 nitrogen and oxygen atoms in total. The molecular weight excluding hydrogens is 196 g/mol. The van der Waals surface area contributed by atoms with Gasteiger partial charge in [0.15, 0.2) is 11.6 Å². The molecule has 15 heavy (non-hydrogen) atoms. The molecule has 0 saturated carbocycles. The van der Waals surface area contributed by atoms with Crippen LogP contribution in [-0.4, -0.2) is 4.98 Å². The second kappa shape index (κ2) is 3.57. The summed E-state index contributed by atoms with van der Waals surface area (Å²) < 4.78 is 26.6. The van der Waals surface area contributed by atoms with Crippen molar-refractivity contribution in [1.82, 2.24) is 4.98 Å². The summed E-state index contributed by atoms with van der Waals surface area (Å²) in [5.74, 6) is -1.61. The Bertz CT molecular complexity index is 521. The molecule has 0 aliphatic rings. The first-order valence-electron chi connectivity index (χ1n) is 4.87. The first-order valence-corrected chi connectivity index (χ1v) is 4.87. The number of benzene rings is 1. The van der Waals surface area contributed by atoms with Crippen LogP contribution in [0.25, 0.3) is 10.9 Å². The zero-order valence-corrected chi connectivity index (χ0v) is 8.64. The Hall–Kier alpha value is -1.51. The molecular formula is C12H11F2N. The van der Waals surface area contributed by atoms with Crippen molar-refractivity contribution in [1.29, 1.82) is 0 Å². The van der Waals surface area contributed by atoms with Crippen molar-refractivity contribution < 1.29 is 8.78 Å². The SMILES string of the molecule is CCc1cc(F)c(F)c2ccc(C)nc12. The molecule has 0 aliphatic heterocycles. The number of nitrogens with zero attached hydrogens (tertiary/aromatic N) is 1. The molecule has 1 heterocycles. The van der Waals surface area contributed by atoms with Gasteiger partial charge in [0.05, 0.1) is 5.52 Å². The molecule has 0 unspecified atom stereocenters.